The molecular weight excluding hydrogens is 238 g/mol. The van der Waals surface area contributed by atoms with Crippen molar-refractivity contribution in [3.05, 3.63) is 0 Å². The Morgan fingerprint density at radius 1 is 1.41 bits per heavy atom. The van der Waals surface area contributed by atoms with E-state index in [1.807, 2.05) is 6.92 Å². The topological polar surface area (TPSA) is 70.6 Å². The molecule has 17 heavy (non-hydrogen) atoms. The number of nitrogens with zero attached hydrogens (tertiary/aromatic N) is 1. The summed E-state index contributed by atoms with van der Waals surface area (Å²) in [5.74, 6) is 0.937. The van der Waals surface area contributed by atoms with Gasteiger partial charge in [0.2, 0.25) is 0 Å². The lowest BCUT2D eigenvalue weighted by Gasteiger charge is -2.17. The van der Waals surface area contributed by atoms with E-state index in [-0.39, 0.29) is 11.8 Å². The summed E-state index contributed by atoms with van der Waals surface area (Å²) >= 11 is 0. The van der Waals surface area contributed by atoms with Crippen LogP contribution in [0.4, 0.5) is 0 Å². The zero-order chi connectivity index (χ0) is 13.3. The minimum Gasteiger partial charge on any atom is -0.356 e. The van der Waals surface area contributed by atoms with E-state index < -0.39 is 9.84 Å². The molecule has 1 unspecified atom stereocenters. The summed E-state index contributed by atoms with van der Waals surface area (Å²) in [7, 11) is -1.17. The smallest absolute Gasteiger partial charge is 0.191 e. The second-order valence-electron chi connectivity index (χ2n) is 4.32. The van der Waals surface area contributed by atoms with Gasteiger partial charge in [0.25, 0.3) is 0 Å². The number of rotatable bonds is 7. The Bertz CT molecular complexity index is 326. The first kappa shape index (κ1) is 16.2. The molecule has 0 aliphatic carbocycles. The molecule has 0 rings (SSSR count). The molecule has 0 fully saturated rings. The summed E-state index contributed by atoms with van der Waals surface area (Å²) < 4.78 is 22.1. The third-order valence-electron chi connectivity index (χ3n) is 2.35. The molecule has 0 amide bonds. The molecule has 2 N–H and O–H groups in total. The Morgan fingerprint density at radius 2 is 2.06 bits per heavy atom. The third kappa shape index (κ3) is 10.1. The number of nitrogens with one attached hydrogen (secondary N) is 2. The van der Waals surface area contributed by atoms with Gasteiger partial charge in [-0.1, -0.05) is 13.3 Å². The predicted molar refractivity (Wildman–Crippen MR) is 73.2 cm³/mol. The monoisotopic (exact) mass is 263 g/mol. The van der Waals surface area contributed by atoms with Gasteiger partial charge in [-0.25, -0.2) is 8.42 Å². The van der Waals surface area contributed by atoms with E-state index in [2.05, 4.69) is 22.5 Å². The standard InChI is InChI=1S/C11H25N3O2S/c1-5-6-8-13-11(12-3)14-10(2)7-9-17(4,15)16/h10H,5-9H2,1-4H3,(H2,12,13,14). The Morgan fingerprint density at radius 3 is 2.53 bits per heavy atom. The first-order valence-corrected chi connectivity index (χ1v) is 8.10. The van der Waals surface area contributed by atoms with Crippen LogP contribution >= 0.6 is 0 Å². The van der Waals surface area contributed by atoms with Crippen molar-refractivity contribution in [3.8, 4) is 0 Å². The average Bonchev–Trinajstić information content (AvgIpc) is 2.24. The van der Waals surface area contributed by atoms with Gasteiger partial charge in [-0.15, -0.1) is 0 Å². The van der Waals surface area contributed by atoms with E-state index in [0.717, 1.165) is 25.3 Å². The number of unbranched alkanes of at least 4 members (excludes halogenated alkanes) is 1. The summed E-state index contributed by atoms with van der Waals surface area (Å²) in [5.41, 5.74) is 0. The van der Waals surface area contributed by atoms with Crippen LogP contribution in [-0.4, -0.2) is 46.0 Å². The highest BCUT2D eigenvalue weighted by Gasteiger charge is 2.08. The molecule has 0 saturated carbocycles. The van der Waals surface area contributed by atoms with E-state index in [1.54, 1.807) is 7.05 Å². The van der Waals surface area contributed by atoms with Gasteiger partial charge in [0, 0.05) is 25.9 Å². The summed E-state index contributed by atoms with van der Waals surface area (Å²) in [4.78, 5) is 4.09. The average molecular weight is 263 g/mol. The second-order valence-corrected chi connectivity index (χ2v) is 6.58. The van der Waals surface area contributed by atoms with Crippen molar-refractivity contribution in [2.24, 2.45) is 4.99 Å². The molecule has 0 bridgehead atoms. The summed E-state index contributed by atoms with van der Waals surface area (Å²) in [6, 6.07) is 0.0950. The van der Waals surface area contributed by atoms with Crippen molar-refractivity contribution in [1.82, 2.24) is 10.6 Å². The molecule has 5 nitrogen and oxygen atoms in total. The molecule has 1 atom stereocenters. The van der Waals surface area contributed by atoms with Crippen molar-refractivity contribution in [2.75, 3.05) is 25.6 Å². The summed E-state index contributed by atoms with van der Waals surface area (Å²) in [6.45, 7) is 4.97. The Labute approximate surface area is 105 Å². The van der Waals surface area contributed by atoms with Gasteiger partial charge < -0.3 is 10.6 Å². The summed E-state index contributed by atoms with van der Waals surface area (Å²) in [6.07, 6.45) is 4.08. The molecule has 0 aromatic carbocycles. The maximum absolute atomic E-state index is 11.0. The first-order valence-electron chi connectivity index (χ1n) is 6.04. The largest absolute Gasteiger partial charge is 0.356 e. The lowest BCUT2D eigenvalue weighted by atomic mass is 10.3. The van der Waals surface area contributed by atoms with Crippen LogP contribution in [0, 0.1) is 0 Å². The minimum absolute atomic E-state index is 0.0950. The number of hydrogen-bond donors (Lipinski definition) is 2. The quantitative estimate of drug-likeness (QED) is 0.404. The van der Waals surface area contributed by atoms with Crippen molar-refractivity contribution < 1.29 is 8.42 Å². The summed E-state index contributed by atoms with van der Waals surface area (Å²) in [5, 5.41) is 6.36. The van der Waals surface area contributed by atoms with Crippen molar-refractivity contribution in [2.45, 2.75) is 39.2 Å². The van der Waals surface area contributed by atoms with Crippen LogP contribution in [0.2, 0.25) is 0 Å². The molecule has 0 heterocycles. The highest BCUT2D eigenvalue weighted by atomic mass is 32.2. The van der Waals surface area contributed by atoms with Gasteiger partial charge in [-0.05, 0) is 19.8 Å². The molecule has 0 aliphatic heterocycles. The molecule has 0 aliphatic rings. The van der Waals surface area contributed by atoms with Crippen LogP contribution in [0.15, 0.2) is 4.99 Å². The lowest BCUT2D eigenvalue weighted by Crippen LogP contribution is -2.43. The molecule has 0 spiro atoms. The van der Waals surface area contributed by atoms with Crippen molar-refractivity contribution in [1.29, 1.82) is 0 Å². The van der Waals surface area contributed by atoms with E-state index in [0.29, 0.717) is 6.42 Å². The number of aliphatic imine (C=N–C) groups is 1. The van der Waals surface area contributed by atoms with Crippen molar-refractivity contribution >= 4 is 15.8 Å². The Kier molecular flexibility index (Phi) is 7.95. The predicted octanol–water partition coefficient (Wildman–Crippen LogP) is 0.775. The lowest BCUT2D eigenvalue weighted by molar-refractivity contribution is 0.580. The number of hydrogen-bond acceptors (Lipinski definition) is 3. The zero-order valence-corrected chi connectivity index (χ0v) is 12.1. The van der Waals surface area contributed by atoms with Crippen LogP contribution in [0.25, 0.3) is 0 Å². The van der Waals surface area contributed by atoms with Crippen LogP contribution < -0.4 is 10.6 Å². The molecule has 0 radical (unpaired) electrons. The normalized spacial score (nSPS) is 14.5. The van der Waals surface area contributed by atoms with Crippen LogP contribution in [0.5, 0.6) is 0 Å². The van der Waals surface area contributed by atoms with Crippen LogP contribution in [0.3, 0.4) is 0 Å². The third-order valence-corrected chi connectivity index (χ3v) is 3.33. The maximum Gasteiger partial charge on any atom is 0.191 e. The van der Waals surface area contributed by atoms with E-state index in [9.17, 15) is 8.42 Å². The second kappa shape index (κ2) is 8.33. The van der Waals surface area contributed by atoms with Gasteiger partial charge in [0.05, 0.1) is 5.75 Å². The molecule has 0 saturated heterocycles. The van der Waals surface area contributed by atoms with Crippen LogP contribution in [-0.2, 0) is 9.84 Å². The van der Waals surface area contributed by atoms with Crippen molar-refractivity contribution in [3.63, 3.8) is 0 Å². The Hall–Kier alpha value is -0.780. The SMILES string of the molecule is CCCCNC(=NC)NC(C)CCS(C)(=O)=O. The fourth-order valence-corrected chi connectivity index (χ4v) is 2.06. The molecule has 102 valence electrons. The maximum atomic E-state index is 11.0. The first-order chi connectivity index (χ1) is 7.89. The zero-order valence-electron chi connectivity index (χ0n) is 11.3. The minimum atomic E-state index is -2.88. The fourth-order valence-electron chi connectivity index (χ4n) is 1.27. The van der Waals surface area contributed by atoms with E-state index >= 15 is 0 Å². The molecule has 6 heteroatoms. The number of sulfone groups is 1. The molecule has 0 aromatic rings. The molecule has 0 aromatic heterocycles. The highest BCUT2D eigenvalue weighted by molar-refractivity contribution is 7.90. The molecular formula is C11H25N3O2S. The van der Waals surface area contributed by atoms with Gasteiger partial charge in [-0.3, -0.25) is 4.99 Å². The number of guanidine groups is 1. The van der Waals surface area contributed by atoms with Gasteiger partial charge in [0.15, 0.2) is 5.96 Å². The van der Waals surface area contributed by atoms with Gasteiger partial charge in [0.1, 0.15) is 9.84 Å². The van der Waals surface area contributed by atoms with Gasteiger partial charge in [-0.2, -0.15) is 0 Å². The van der Waals surface area contributed by atoms with E-state index in [4.69, 9.17) is 0 Å². The fraction of sp³-hybridized carbons (Fsp3) is 0.909. The van der Waals surface area contributed by atoms with Gasteiger partial charge >= 0.3 is 0 Å². The highest BCUT2D eigenvalue weighted by Crippen LogP contribution is 1.95. The van der Waals surface area contributed by atoms with E-state index in [1.165, 1.54) is 6.26 Å². The Balaban J connectivity index is 3.95. The van der Waals surface area contributed by atoms with Crippen LogP contribution in [0.1, 0.15) is 33.1 Å².